The first-order valence-electron chi connectivity index (χ1n) is 16.7. The smallest absolute Gasteiger partial charge is 0.422 e. The van der Waals surface area contributed by atoms with Gasteiger partial charge in [0.15, 0.2) is 5.78 Å². The Bertz CT molecular complexity index is 1950. The number of alkyl halides is 3. The number of carbonyl (C=O) groups excluding carboxylic acids is 2. The van der Waals surface area contributed by atoms with Crippen LogP contribution in [0.3, 0.4) is 0 Å². The highest BCUT2D eigenvalue weighted by Crippen LogP contribution is 2.50. The van der Waals surface area contributed by atoms with Crippen LogP contribution in [-0.4, -0.2) is 56.4 Å². The molecule has 5 rings (SSSR count). The fraction of sp³-hybridized carbons (Fsp3) is 0.447. The molecule has 1 aliphatic carbocycles. The van der Waals surface area contributed by atoms with Crippen molar-refractivity contribution in [2.45, 2.75) is 95.4 Å². The number of allylic oxidation sites excluding steroid dienone is 1. The first kappa shape index (κ1) is 39.1. The van der Waals surface area contributed by atoms with Gasteiger partial charge in [-0.15, -0.1) is 0 Å². The van der Waals surface area contributed by atoms with Gasteiger partial charge < -0.3 is 14.6 Å². The minimum atomic E-state index is -5.34. The van der Waals surface area contributed by atoms with Gasteiger partial charge in [-0.25, -0.2) is 23.1 Å². The molecule has 0 radical (unpaired) electrons. The number of hydrogen-bond donors (Lipinski definition) is 2. The van der Waals surface area contributed by atoms with E-state index in [1.165, 1.54) is 30.2 Å². The molecule has 1 aromatic heterocycles. The van der Waals surface area contributed by atoms with Crippen LogP contribution in [0, 0.1) is 5.82 Å². The lowest BCUT2D eigenvalue weighted by Gasteiger charge is -2.33. The molecule has 1 aliphatic heterocycles. The number of fused-ring (bicyclic) bond motifs is 2. The maximum absolute atomic E-state index is 15.2. The second-order valence-electron chi connectivity index (χ2n) is 15.3. The van der Waals surface area contributed by atoms with E-state index in [-0.39, 0.29) is 34.6 Å². The predicted molar refractivity (Wildman–Crippen MR) is 191 cm³/mol. The lowest BCUT2D eigenvalue weighted by atomic mass is 9.86. The summed E-state index contributed by atoms with van der Waals surface area (Å²) in [5.74, 6) is -0.862. The molecule has 0 fully saturated rings. The minimum absolute atomic E-state index is 0.0319. The molecule has 280 valence electrons. The number of ketones is 1. The lowest BCUT2D eigenvalue weighted by molar-refractivity contribution is -0.270. The van der Waals surface area contributed by atoms with Gasteiger partial charge >= 0.3 is 12.3 Å². The Hall–Kier alpha value is -4.14. The Kier molecular flexibility index (Phi) is 10.3. The number of aliphatic hydroxyl groups is 1. The van der Waals surface area contributed by atoms with Crippen LogP contribution in [0.5, 0.6) is 5.75 Å². The lowest BCUT2D eigenvalue weighted by Crippen LogP contribution is -2.50. The first-order valence-corrected chi connectivity index (χ1v) is 17.8. The number of nitrogens with zero attached hydrogens (tertiary/aromatic N) is 2. The number of carbonyl (C=O) groups is 2. The molecule has 1 amide bonds. The molecule has 52 heavy (non-hydrogen) atoms. The quantitative estimate of drug-likeness (QED) is 0.169. The third-order valence-corrected chi connectivity index (χ3v) is 10.7. The Balaban J connectivity index is 1.69. The van der Waals surface area contributed by atoms with Crippen molar-refractivity contribution in [3.8, 4) is 17.0 Å². The summed E-state index contributed by atoms with van der Waals surface area (Å²) < 4.78 is 86.5. The molecule has 3 aromatic rings. The zero-order chi connectivity index (χ0) is 38.6. The molecular weight excluding hydrogens is 702 g/mol. The van der Waals surface area contributed by atoms with Crippen LogP contribution in [-0.2, 0) is 33.3 Å². The van der Waals surface area contributed by atoms with Gasteiger partial charge in [0.1, 0.15) is 17.2 Å². The third kappa shape index (κ3) is 7.65. The van der Waals surface area contributed by atoms with Gasteiger partial charge in [0.2, 0.25) is 5.60 Å². The SMILES string of the molecule is COc1cc(C(=O)CC[C@@](O)(c2cc3c(c(-c4ccc(F)cc4)n2)N(C(=O)OC(C)(C)C)C[C@@]3(C)NS(=O)C(C)(C)C)C(F)(F)F)cc2c1CC=C2. The van der Waals surface area contributed by atoms with E-state index in [1.54, 1.807) is 60.6 Å². The average Bonchev–Trinajstić information content (AvgIpc) is 3.64. The van der Waals surface area contributed by atoms with Gasteiger partial charge in [-0.05, 0) is 109 Å². The fourth-order valence-electron chi connectivity index (χ4n) is 6.19. The molecule has 2 N–H and O–H groups in total. The van der Waals surface area contributed by atoms with E-state index in [0.29, 0.717) is 17.7 Å². The maximum atomic E-state index is 15.2. The van der Waals surface area contributed by atoms with Crippen LogP contribution in [0.4, 0.5) is 28.0 Å². The molecule has 2 aliphatic rings. The van der Waals surface area contributed by atoms with Crippen molar-refractivity contribution in [2.24, 2.45) is 0 Å². The van der Waals surface area contributed by atoms with E-state index in [1.807, 2.05) is 6.08 Å². The first-order chi connectivity index (χ1) is 24.0. The van der Waals surface area contributed by atoms with Gasteiger partial charge in [0, 0.05) is 28.7 Å². The number of nitrogens with one attached hydrogen (secondary N) is 1. The Morgan fingerprint density at radius 3 is 2.29 bits per heavy atom. The van der Waals surface area contributed by atoms with Crippen molar-refractivity contribution in [1.29, 1.82) is 0 Å². The van der Waals surface area contributed by atoms with Crippen LogP contribution in [0.15, 0.2) is 48.5 Å². The number of Topliss-reactive ketones (excluding diaryl/α,β-unsaturated/α-hetero) is 1. The molecule has 14 heteroatoms. The largest absolute Gasteiger partial charge is 0.496 e. The normalized spacial score (nSPS) is 18.8. The molecule has 9 nitrogen and oxygen atoms in total. The molecule has 2 aromatic carbocycles. The number of rotatable bonds is 9. The summed E-state index contributed by atoms with van der Waals surface area (Å²) in [6.45, 7) is 11.4. The van der Waals surface area contributed by atoms with Crippen molar-refractivity contribution in [3.63, 3.8) is 0 Å². The number of benzene rings is 2. The van der Waals surface area contributed by atoms with Crippen molar-refractivity contribution in [1.82, 2.24) is 9.71 Å². The Morgan fingerprint density at radius 2 is 1.71 bits per heavy atom. The van der Waals surface area contributed by atoms with Crippen LogP contribution in [0.2, 0.25) is 0 Å². The summed E-state index contributed by atoms with van der Waals surface area (Å²) in [6, 6.07) is 8.83. The van der Waals surface area contributed by atoms with Gasteiger partial charge in [-0.2, -0.15) is 13.2 Å². The van der Waals surface area contributed by atoms with E-state index in [2.05, 4.69) is 9.71 Å². The zero-order valence-corrected chi connectivity index (χ0v) is 31.1. The molecule has 0 bridgehead atoms. The van der Waals surface area contributed by atoms with E-state index < -0.39 is 74.9 Å². The number of hydrogen-bond acceptors (Lipinski definition) is 7. The summed E-state index contributed by atoms with van der Waals surface area (Å²) in [5, 5.41) is 11.7. The van der Waals surface area contributed by atoms with Crippen molar-refractivity contribution in [3.05, 3.63) is 82.3 Å². The molecule has 3 atom stereocenters. The molecule has 0 saturated heterocycles. The summed E-state index contributed by atoms with van der Waals surface area (Å²) in [5.41, 5.74) is -5.24. The van der Waals surface area contributed by atoms with E-state index in [9.17, 15) is 23.3 Å². The second-order valence-corrected chi connectivity index (χ2v) is 17.2. The highest BCUT2D eigenvalue weighted by Gasteiger charge is 2.57. The standard InChI is InChI=1S/C38H43F4N3O6S/c1-34(2,3)51-33(47)45-21-36(7,44-52(49)35(4,5)6)27-20-30(43-31(32(27)45)22-12-14-25(39)15-13-22)37(48,38(40,41)42)17-16-28(46)24-18-23-10-9-11-26(23)29(19-24)50-8/h9-10,12-15,18-20,44,48H,11,16-17,21H2,1-8H3/t36-,37-,52?/m1/s1. The average molecular weight is 746 g/mol. The Morgan fingerprint density at radius 1 is 1.06 bits per heavy atom. The number of pyridine rings is 1. The molecule has 0 spiro atoms. The highest BCUT2D eigenvalue weighted by molar-refractivity contribution is 7.84. The van der Waals surface area contributed by atoms with E-state index >= 15 is 13.2 Å². The number of aromatic nitrogens is 1. The summed E-state index contributed by atoms with van der Waals surface area (Å²) in [4.78, 5) is 32.7. The Labute approximate surface area is 303 Å². The predicted octanol–water partition coefficient (Wildman–Crippen LogP) is 7.90. The summed E-state index contributed by atoms with van der Waals surface area (Å²) >= 11 is 0. The number of methoxy groups -OCH3 is 1. The topological polar surface area (TPSA) is 118 Å². The van der Waals surface area contributed by atoms with Crippen molar-refractivity contribution in [2.75, 3.05) is 18.6 Å². The van der Waals surface area contributed by atoms with Crippen LogP contribution < -0.4 is 14.4 Å². The second kappa shape index (κ2) is 13.7. The van der Waals surface area contributed by atoms with Crippen molar-refractivity contribution < 1.29 is 45.9 Å². The summed E-state index contributed by atoms with van der Waals surface area (Å²) in [7, 11) is -0.360. The number of ether oxygens (including phenoxy) is 2. The number of amides is 1. The van der Waals surface area contributed by atoms with Gasteiger partial charge in [-0.3, -0.25) is 9.69 Å². The van der Waals surface area contributed by atoms with Crippen LogP contribution >= 0.6 is 0 Å². The van der Waals surface area contributed by atoms with Crippen LogP contribution in [0.1, 0.15) is 94.1 Å². The van der Waals surface area contributed by atoms with Gasteiger partial charge in [-0.1, -0.05) is 12.2 Å². The van der Waals surface area contributed by atoms with E-state index in [4.69, 9.17) is 9.47 Å². The monoisotopic (exact) mass is 745 g/mol. The number of halogens is 4. The molecular formula is C38H43F4N3O6S. The van der Waals surface area contributed by atoms with Gasteiger partial charge in [0.25, 0.3) is 0 Å². The maximum Gasteiger partial charge on any atom is 0.422 e. The molecule has 1 unspecified atom stereocenters. The summed E-state index contributed by atoms with van der Waals surface area (Å²) in [6.07, 6.45) is -3.75. The van der Waals surface area contributed by atoms with Crippen LogP contribution in [0.25, 0.3) is 17.3 Å². The van der Waals surface area contributed by atoms with Gasteiger partial charge in [0.05, 0.1) is 52.0 Å². The molecule has 2 heterocycles. The number of anilines is 1. The van der Waals surface area contributed by atoms with Crippen molar-refractivity contribution >= 4 is 34.6 Å². The highest BCUT2D eigenvalue weighted by atomic mass is 32.2. The molecule has 0 saturated carbocycles. The van der Waals surface area contributed by atoms with E-state index in [0.717, 1.165) is 23.8 Å². The minimum Gasteiger partial charge on any atom is -0.496 e. The zero-order valence-electron chi connectivity index (χ0n) is 30.3. The third-order valence-electron chi connectivity index (χ3n) is 8.95. The fourth-order valence-corrected chi connectivity index (χ4v) is 7.08.